The molecule has 4 rings (SSSR count). The first-order valence-corrected chi connectivity index (χ1v) is 7.90. The first-order valence-electron chi connectivity index (χ1n) is 7.90. The van der Waals surface area contributed by atoms with Crippen molar-refractivity contribution in [2.45, 2.75) is 31.8 Å². The highest BCUT2D eigenvalue weighted by Gasteiger charge is 2.24. The van der Waals surface area contributed by atoms with Crippen LogP contribution in [0.3, 0.4) is 0 Å². The number of H-pyrrole nitrogens is 1. The van der Waals surface area contributed by atoms with Gasteiger partial charge in [0.15, 0.2) is 12.4 Å². The van der Waals surface area contributed by atoms with E-state index in [2.05, 4.69) is 15.1 Å². The molecule has 0 unspecified atom stereocenters. The molecule has 2 aromatic heterocycles. The summed E-state index contributed by atoms with van der Waals surface area (Å²) in [5, 5.41) is 4.82. The third-order valence-corrected chi connectivity index (χ3v) is 4.33. The van der Waals surface area contributed by atoms with Crippen LogP contribution in [0.25, 0.3) is 10.9 Å². The lowest BCUT2D eigenvalue weighted by molar-refractivity contribution is 0.0595. The number of carbonyl (C=O) groups excluding carboxylic acids is 1. The van der Waals surface area contributed by atoms with Gasteiger partial charge in [0.2, 0.25) is 0 Å². The molecule has 0 aliphatic heterocycles. The number of nitrogens with zero attached hydrogens (tertiary/aromatic N) is 2. The van der Waals surface area contributed by atoms with Gasteiger partial charge in [0.05, 0.1) is 7.11 Å². The van der Waals surface area contributed by atoms with Gasteiger partial charge in [-0.15, -0.1) is 0 Å². The molecule has 2 heterocycles. The minimum atomic E-state index is -0.417. The van der Waals surface area contributed by atoms with Gasteiger partial charge in [-0.1, -0.05) is 17.6 Å². The minimum absolute atomic E-state index is 0.192. The highest BCUT2D eigenvalue weighted by molar-refractivity contribution is 5.97. The van der Waals surface area contributed by atoms with Crippen LogP contribution >= 0.6 is 0 Å². The Morgan fingerprint density at radius 2 is 2.29 bits per heavy atom. The molecule has 1 aliphatic rings. The van der Waals surface area contributed by atoms with E-state index in [0.29, 0.717) is 23.3 Å². The summed E-state index contributed by atoms with van der Waals surface area (Å²) in [7, 11) is 1.35. The Hall–Kier alpha value is -2.83. The molecule has 0 spiro atoms. The van der Waals surface area contributed by atoms with Crippen molar-refractivity contribution < 1.29 is 18.8 Å². The maximum absolute atomic E-state index is 11.6. The number of fused-ring (bicyclic) bond motifs is 1. The highest BCUT2D eigenvalue weighted by Crippen LogP contribution is 2.34. The quantitative estimate of drug-likeness (QED) is 0.724. The number of hydrogen-bond acceptors (Lipinski definition) is 6. The molecule has 0 atom stereocenters. The van der Waals surface area contributed by atoms with Crippen LogP contribution in [0.4, 0.5) is 0 Å². The number of hydrogen-bond donors (Lipinski definition) is 1. The largest absolute Gasteiger partial charge is 0.483 e. The number of nitrogens with one attached hydrogen (secondary N) is 1. The molecule has 0 radical (unpaired) electrons. The molecule has 1 saturated carbocycles. The number of esters is 1. The van der Waals surface area contributed by atoms with Crippen LogP contribution in [-0.4, -0.2) is 28.2 Å². The fraction of sp³-hybridized carbons (Fsp3) is 0.353. The molecule has 24 heavy (non-hydrogen) atoms. The lowest BCUT2D eigenvalue weighted by Crippen LogP contribution is -2.10. The third-order valence-electron chi connectivity index (χ3n) is 4.33. The fourth-order valence-electron chi connectivity index (χ4n) is 2.77. The van der Waals surface area contributed by atoms with E-state index in [1.54, 1.807) is 6.07 Å². The van der Waals surface area contributed by atoms with Crippen LogP contribution in [0.2, 0.25) is 0 Å². The van der Waals surface area contributed by atoms with Crippen LogP contribution in [-0.2, 0) is 11.3 Å². The summed E-state index contributed by atoms with van der Waals surface area (Å²) in [6, 6.07) is 7.27. The van der Waals surface area contributed by atoms with Gasteiger partial charge >= 0.3 is 5.97 Å². The van der Waals surface area contributed by atoms with E-state index in [9.17, 15) is 4.79 Å². The van der Waals surface area contributed by atoms with Crippen molar-refractivity contribution in [2.24, 2.45) is 0 Å². The number of carbonyl (C=O) groups is 1. The summed E-state index contributed by atoms with van der Waals surface area (Å²) in [6.45, 7) is 0.192. The molecule has 7 nitrogen and oxygen atoms in total. The van der Waals surface area contributed by atoms with Crippen LogP contribution < -0.4 is 4.74 Å². The SMILES string of the molecule is COC(=O)c1cc2c(OCc3nc(C4CCC4)no3)cccc2[nH]1. The van der Waals surface area contributed by atoms with Crippen LogP contribution in [0, 0.1) is 0 Å². The van der Waals surface area contributed by atoms with E-state index in [-0.39, 0.29) is 6.61 Å². The molecule has 1 aromatic carbocycles. The Labute approximate surface area is 138 Å². The number of benzene rings is 1. The minimum Gasteiger partial charge on any atom is -0.483 e. The van der Waals surface area contributed by atoms with Crippen molar-refractivity contribution in [1.82, 2.24) is 15.1 Å². The molecular formula is C17H17N3O4. The van der Waals surface area contributed by atoms with Gasteiger partial charge in [0.25, 0.3) is 5.89 Å². The van der Waals surface area contributed by atoms with Gasteiger partial charge in [0.1, 0.15) is 11.4 Å². The predicted octanol–water partition coefficient (Wildman–Crippen LogP) is 3.18. The average Bonchev–Trinajstić information content (AvgIpc) is 3.17. The molecule has 7 heteroatoms. The van der Waals surface area contributed by atoms with E-state index in [1.165, 1.54) is 13.5 Å². The zero-order chi connectivity index (χ0) is 16.5. The molecule has 0 bridgehead atoms. The smallest absolute Gasteiger partial charge is 0.354 e. The molecule has 0 amide bonds. The maximum Gasteiger partial charge on any atom is 0.354 e. The van der Waals surface area contributed by atoms with Crippen molar-refractivity contribution in [2.75, 3.05) is 7.11 Å². The van der Waals surface area contributed by atoms with Gasteiger partial charge in [-0.05, 0) is 31.0 Å². The zero-order valence-corrected chi connectivity index (χ0v) is 13.2. The first-order chi connectivity index (χ1) is 11.7. The van der Waals surface area contributed by atoms with Crippen molar-refractivity contribution in [3.8, 4) is 5.75 Å². The molecule has 3 aromatic rings. The monoisotopic (exact) mass is 327 g/mol. The van der Waals surface area contributed by atoms with Crippen LogP contribution in [0.5, 0.6) is 5.75 Å². The van der Waals surface area contributed by atoms with E-state index in [0.717, 1.165) is 29.6 Å². The van der Waals surface area contributed by atoms with Gasteiger partial charge in [-0.25, -0.2) is 4.79 Å². The topological polar surface area (TPSA) is 90.2 Å². The Morgan fingerprint density at radius 3 is 3.04 bits per heavy atom. The fourth-order valence-corrected chi connectivity index (χ4v) is 2.77. The Balaban J connectivity index is 1.52. The van der Waals surface area contributed by atoms with Gasteiger partial charge in [0, 0.05) is 16.8 Å². The maximum atomic E-state index is 11.6. The number of methoxy groups -OCH3 is 1. The lowest BCUT2D eigenvalue weighted by Gasteiger charge is -2.20. The van der Waals surface area contributed by atoms with Crippen molar-refractivity contribution >= 4 is 16.9 Å². The van der Waals surface area contributed by atoms with Crippen LogP contribution in [0.15, 0.2) is 28.8 Å². The summed E-state index contributed by atoms with van der Waals surface area (Å²) in [4.78, 5) is 19.0. The molecule has 1 fully saturated rings. The number of rotatable bonds is 5. The number of aromatic nitrogens is 3. The Morgan fingerprint density at radius 1 is 1.42 bits per heavy atom. The van der Waals surface area contributed by atoms with Gasteiger partial charge in [-0.2, -0.15) is 4.98 Å². The standard InChI is InChI=1S/C17H17N3O4/c1-22-17(21)13-8-11-12(18-13)6-3-7-14(11)23-9-15-19-16(20-24-15)10-4-2-5-10/h3,6-8,10,18H,2,4-5,9H2,1H3. The van der Waals surface area contributed by atoms with Crippen molar-refractivity contribution in [3.05, 3.63) is 41.7 Å². The molecule has 1 N–H and O–H groups in total. The van der Waals surface area contributed by atoms with E-state index < -0.39 is 5.97 Å². The number of ether oxygens (including phenoxy) is 2. The second-order valence-corrected chi connectivity index (χ2v) is 5.85. The molecular weight excluding hydrogens is 310 g/mol. The average molecular weight is 327 g/mol. The molecule has 1 aliphatic carbocycles. The lowest BCUT2D eigenvalue weighted by atomic mass is 9.85. The molecule has 124 valence electrons. The van der Waals surface area contributed by atoms with Gasteiger partial charge < -0.3 is 19.0 Å². The molecule has 0 saturated heterocycles. The van der Waals surface area contributed by atoms with Crippen molar-refractivity contribution in [1.29, 1.82) is 0 Å². The Bertz CT molecular complexity index is 879. The normalized spacial score (nSPS) is 14.5. The summed E-state index contributed by atoms with van der Waals surface area (Å²) >= 11 is 0. The zero-order valence-electron chi connectivity index (χ0n) is 13.2. The summed E-state index contributed by atoms with van der Waals surface area (Å²) in [5.74, 6) is 1.88. The number of aromatic amines is 1. The first kappa shape index (κ1) is 14.7. The van der Waals surface area contributed by atoms with Crippen LogP contribution in [0.1, 0.15) is 47.4 Å². The van der Waals surface area contributed by atoms with E-state index in [4.69, 9.17) is 14.0 Å². The Kier molecular flexibility index (Phi) is 3.68. The summed E-state index contributed by atoms with van der Waals surface area (Å²) < 4.78 is 15.8. The van der Waals surface area contributed by atoms with Crippen molar-refractivity contribution in [3.63, 3.8) is 0 Å². The summed E-state index contributed by atoms with van der Waals surface area (Å²) in [6.07, 6.45) is 3.47. The second-order valence-electron chi connectivity index (χ2n) is 5.85. The predicted molar refractivity (Wildman–Crippen MR) is 84.9 cm³/mol. The second kappa shape index (κ2) is 5.99. The third kappa shape index (κ3) is 2.62. The van der Waals surface area contributed by atoms with E-state index in [1.807, 2.05) is 18.2 Å². The highest BCUT2D eigenvalue weighted by atomic mass is 16.5. The summed E-state index contributed by atoms with van der Waals surface area (Å²) in [5.41, 5.74) is 1.18. The van der Waals surface area contributed by atoms with Gasteiger partial charge in [-0.3, -0.25) is 0 Å². The van der Waals surface area contributed by atoms with E-state index >= 15 is 0 Å².